The number of carbonyl (C=O) groups excluding carboxylic acids is 1. The van der Waals surface area contributed by atoms with Crippen LogP contribution in [-0.4, -0.2) is 10.4 Å². The molecule has 114 valence electrons. The smallest absolute Gasteiger partial charge is 0.207 e. The zero-order valence-electron chi connectivity index (χ0n) is 12.4. The fraction of sp³-hybridized carbons (Fsp3) is 0.105. The fourth-order valence-electron chi connectivity index (χ4n) is 3.25. The summed E-state index contributed by atoms with van der Waals surface area (Å²) in [5.41, 5.74) is 4.47. The molecule has 4 rings (SSSR count). The molecule has 0 saturated heterocycles. The number of nitrogens with zero attached hydrogens (tertiary/aromatic N) is 1. The predicted molar refractivity (Wildman–Crippen MR) is 95.4 cm³/mol. The van der Waals surface area contributed by atoms with Gasteiger partial charge < -0.3 is 4.57 Å². The van der Waals surface area contributed by atoms with Crippen LogP contribution < -0.4 is 0 Å². The molecule has 0 unspecified atom stereocenters. The van der Waals surface area contributed by atoms with Gasteiger partial charge in [-0.15, -0.1) is 0 Å². The lowest BCUT2D eigenvalue weighted by atomic mass is 10.0. The second kappa shape index (κ2) is 5.26. The van der Waals surface area contributed by atoms with Crippen LogP contribution in [0.4, 0.5) is 0 Å². The Morgan fingerprint density at radius 3 is 2.70 bits per heavy atom. The number of benzene rings is 2. The molecule has 1 aliphatic rings. The van der Waals surface area contributed by atoms with Crippen molar-refractivity contribution in [2.75, 3.05) is 0 Å². The topological polar surface area (TPSA) is 22.0 Å². The SMILES string of the molecule is Cc1c2n(c3ccccc13)C/C(=C\c1ccc(Cl)cc1Cl)C2=O. The summed E-state index contributed by atoms with van der Waals surface area (Å²) >= 11 is 12.1. The number of aryl methyl sites for hydroxylation is 1. The summed E-state index contributed by atoms with van der Waals surface area (Å²) in [5.74, 6) is 0.0738. The van der Waals surface area contributed by atoms with E-state index >= 15 is 0 Å². The number of fused-ring (bicyclic) bond motifs is 3. The zero-order chi connectivity index (χ0) is 16.1. The van der Waals surface area contributed by atoms with Crippen LogP contribution in [0.25, 0.3) is 17.0 Å². The van der Waals surface area contributed by atoms with Gasteiger partial charge in [0, 0.05) is 26.5 Å². The van der Waals surface area contributed by atoms with Crippen molar-refractivity contribution in [3.05, 3.63) is 74.9 Å². The quantitative estimate of drug-likeness (QED) is 0.533. The van der Waals surface area contributed by atoms with Gasteiger partial charge in [-0.2, -0.15) is 0 Å². The molecular weight excluding hydrogens is 329 g/mol. The van der Waals surface area contributed by atoms with E-state index in [1.165, 1.54) is 0 Å². The number of rotatable bonds is 1. The highest BCUT2D eigenvalue weighted by atomic mass is 35.5. The normalized spacial score (nSPS) is 15.6. The molecule has 3 aromatic rings. The van der Waals surface area contributed by atoms with Crippen molar-refractivity contribution in [2.24, 2.45) is 0 Å². The minimum Gasteiger partial charge on any atom is -0.333 e. The molecule has 0 saturated carbocycles. The highest BCUT2D eigenvalue weighted by molar-refractivity contribution is 6.35. The van der Waals surface area contributed by atoms with E-state index in [1.54, 1.807) is 12.1 Å². The molecule has 1 aromatic heterocycles. The van der Waals surface area contributed by atoms with E-state index in [0.29, 0.717) is 16.6 Å². The van der Waals surface area contributed by atoms with Crippen molar-refractivity contribution in [3.8, 4) is 0 Å². The molecular formula is C19H13Cl2NO. The van der Waals surface area contributed by atoms with E-state index in [0.717, 1.165) is 33.3 Å². The van der Waals surface area contributed by atoms with Crippen molar-refractivity contribution in [2.45, 2.75) is 13.5 Å². The van der Waals surface area contributed by atoms with Crippen LogP contribution in [0.1, 0.15) is 21.6 Å². The molecule has 0 fully saturated rings. The van der Waals surface area contributed by atoms with Gasteiger partial charge in [-0.1, -0.05) is 47.5 Å². The van der Waals surface area contributed by atoms with Gasteiger partial charge in [0.25, 0.3) is 0 Å². The van der Waals surface area contributed by atoms with Crippen LogP contribution in [0.5, 0.6) is 0 Å². The summed E-state index contributed by atoms with van der Waals surface area (Å²) in [6.45, 7) is 2.58. The first kappa shape index (κ1) is 14.6. The Morgan fingerprint density at radius 2 is 1.91 bits per heavy atom. The number of hydrogen-bond acceptors (Lipinski definition) is 1. The molecule has 4 heteroatoms. The molecule has 0 radical (unpaired) electrons. The Morgan fingerprint density at radius 1 is 1.13 bits per heavy atom. The summed E-state index contributed by atoms with van der Waals surface area (Å²) in [7, 11) is 0. The lowest BCUT2D eigenvalue weighted by Crippen LogP contribution is -1.97. The van der Waals surface area contributed by atoms with Crippen LogP contribution in [0.3, 0.4) is 0 Å². The first-order valence-electron chi connectivity index (χ1n) is 7.34. The van der Waals surface area contributed by atoms with Crippen molar-refractivity contribution >= 4 is 46.0 Å². The molecule has 23 heavy (non-hydrogen) atoms. The van der Waals surface area contributed by atoms with Crippen LogP contribution in [0, 0.1) is 6.92 Å². The third kappa shape index (κ3) is 2.21. The highest BCUT2D eigenvalue weighted by Crippen LogP contribution is 2.34. The number of allylic oxidation sites excluding steroid dienone is 1. The molecule has 2 heterocycles. The third-order valence-electron chi connectivity index (χ3n) is 4.35. The minimum atomic E-state index is 0.0738. The number of carbonyl (C=O) groups is 1. The molecule has 0 aliphatic carbocycles. The van der Waals surface area contributed by atoms with Gasteiger partial charge in [0.1, 0.15) is 0 Å². The van der Waals surface area contributed by atoms with Gasteiger partial charge >= 0.3 is 0 Å². The van der Waals surface area contributed by atoms with Crippen molar-refractivity contribution in [1.82, 2.24) is 4.57 Å². The van der Waals surface area contributed by atoms with Crippen LogP contribution in [-0.2, 0) is 6.54 Å². The first-order chi connectivity index (χ1) is 11.1. The maximum absolute atomic E-state index is 12.8. The molecule has 0 spiro atoms. The largest absolute Gasteiger partial charge is 0.333 e. The second-order valence-corrected chi connectivity index (χ2v) is 6.59. The summed E-state index contributed by atoms with van der Waals surface area (Å²) in [5, 5.41) is 2.28. The Kier molecular flexibility index (Phi) is 3.33. The molecule has 2 nitrogen and oxygen atoms in total. The van der Waals surface area contributed by atoms with E-state index in [9.17, 15) is 4.79 Å². The van der Waals surface area contributed by atoms with Crippen LogP contribution >= 0.6 is 23.2 Å². The van der Waals surface area contributed by atoms with Crippen LogP contribution in [0.15, 0.2) is 48.0 Å². The third-order valence-corrected chi connectivity index (χ3v) is 4.91. The number of para-hydroxylation sites is 1. The van der Waals surface area contributed by atoms with E-state index in [2.05, 4.69) is 16.7 Å². The molecule has 0 amide bonds. The van der Waals surface area contributed by atoms with Crippen molar-refractivity contribution < 1.29 is 4.79 Å². The highest BCUT2D eigenvalue weighted by Gasteiger charge is 2.29. The Hall–Kier alpha value is -2.03. The van der Waals surface area contributed by atoms with E-state index in [-0.39, 0.29) is 5.78 Å². The maximum atomic E-state index is 12.8. The number of ketones is 1. The van der Waals surface area contributed by atoms with E-state index < -0.39 is 0 Å². The Labute approximate surface area is 143 Å². The Balaban J connectivity index is 1.84. The number of aromatic nitrogens is 1. The van der Waals surface area contributed by atoms with Gasteiger partial charge in [0.2, 0.25) is 5.78 Å². The zero-order valence-corrected chi connectivity index (χ0v) is 13.9. The molecule has 0 N–H and O–H groups in total. The summed E-state index contributed by atoms with van der Waals surface area (Å²) in [6, 6.07) is 13.4. The van der Waals surface area contributed by atoms with Gasteiger partial charge in [-0.05, 0) is 42.3 Å². The lowest BCUT2D eigenvalue weighted by Gasteiger charge is -2.02. The molecule has 0 bridgehead atoms. The van der Waals surface area contributed by atoms with Gasteiger partial charge in [-0.25, -0.2) is 0 Å². The average molecular weight is 342 g/mol. The van der Waals surface area contributed by atoms with Gasteiger partial charge in [-0.3, -0.25) is 4.79 Å². The second-order valence-electron chi connectivity index (χ2n) is 5.74. The number of halogens is 2. The monoisotopic (exact) mass is 341 g/mol. The number of Topliss-reactive ketones (excluding diaryl/α,β-unsaturated/α-hetero) is 1. The standard InChI is InChI=1S/C19H13Cl2NO/c1-11-15-4-2-3-5-17(15)22-10-13(19(23)18(11)22)8-12-6-7-14(20)9-16(12)21/h2-9H,10H2,1H3/b13-8+. The average Bonchev–Trinajstić information content (AvgIpc) is 3.00. The first-order valence-corrected chi connectivity index (χ1v) is 8.10. The fourth-order valence-corrected chi connectivity index (χ4v) is 3.71. The van der Waals surface area contributed by atoms with Gasteiger partial charge in [0.15, 0.2) is 0 Å². The molecule has 1 aliphatic heterocycles. The maximum Gasteiger partial charge on any atom is 0.207 e. The van der Waals surface area contributed by atoms with E-state index in [1.807, 2.05) is 31.2 Å². The lowest BCUT2D eigenvalue weighted by molar-refractivity contribution is 0.103. The minimum absolute atomic E-state index is 0.0738. The van der Waals surface area contributed by atoms with E-state index in [4.69, 9.17) is 23.2 Å². The van der Waals surface area contributed by atoms with Crippen LogP contribution in [0.2, 0.25) is 10.0 Å². The molecule has 2 aromatic carbocycles. The van der Waals surface area contributed by atoms with Crippen molar-refractivity contribution in [3.63, 3.8) is 0 Å². The summed E-state index contributed by atoms with van der Waals surface area (Å²) in [4.78, 5) is 12.8. The van der Waals surface area contributed by atoms with Gasteiger partial charge in [0.05, 0.1) is 12.2 Å². The van der Waals surface area contributed by atoms with Crippen molar-refractivity contribution in [1.29, 1.82) is 0 Å². The summed E-state index contributed by atoms with van der Waals surface area (Å²) in [6.07, 6.45) is 1.86. The Bertz CT molecular complexity index is 998. The predicted octanol–water partition coefficient (Wildman–Crippen LogP) is 5.54. The molecule has 0 atom stereocenters. The summed E-state index contributed by atoms with van der Waals surface area (Å²) < 4.78 is 2.09. The number of hydrogen-bond donors (Lipinski definition) is 0.